The lowest BCUT2D eigenvalue weighted by Gasteiger charge is -2.32. The van der Waals surface area contributed by atoms with Crippen molar-refractivity contribution in [3.05, 3.63) is 60.2 Å². The van der Waals surface area contributed by atoms with Gasteiger partial charge in [0.15, 0.2) is 6.61 Å². The van der Waals surface area contributed by atoms with Gasteiger partial charge in [0.25, 0.3) is 5.91 Å². The minimum absolute atomic E-state index is 0.00349. The second-order valence-corrected chi connectivity index (χ2v) is 6.64. The number of likely N-dealkylation sites (tertiary alicyclic amines) is 1. The lowest BCUT2D eigenvalue weighted by Crippen LogP contribution is -2.45. The van der Waals surface area contributed by atoms with Crippen LogP contribution in [0.2, 0.25) is 0 Å². The van der Waals surface area contributed by atoms with Gasteiger partial charge in [-0.1, -0.05) is 30.3 Å². The Morgan fingerprint density at radius 1 is 1.15 bits per heavy atom. The lowest BCUT2D eigenvalue weighted by atomic mass is 9.97. The van der Waals surface area contributed by atoms with Crippen molar-refractivity contribution in [3.63, 3.8) is 0 Å². The predicted molar refractivity (Wildman–Crippen MR) is 101 cm³/mol. The van der Waals surface area contributed by atoms with Crippen LogP contribution in [0.4, 0.5) is 5.69 Å². The summed E-state index contributed by atoms with van der Waals surface area (Å²) in [6, 6.07) is 17.0. The average Bonchev–Trinajstić information content (AvgIpc) is 2.67. The summed E-state index contributed by atoms with van der Waals surface area (Å²) in [5, 5.41) is 2.93. The van der Waals surface area contributed by atoms with Crippen LogP contribution < -0.4 is 10.1 Å². The highest BCUT2D eigenvalue weighted by molar-refractivity contribution is 5.93. The van der Waals surface area contributed by atoms with Gasteiger partial charge in [-0.25, -0.2) is 0 Å². The van der Waals surface area contributed by atoms with Gasteiger partial charge in [0, 0.05) is 18.8 Å². The van der Waals surface area contributed by atoms with Crippen LogP contribution in [-0.4, -0.2) is 36.4 Å². The maximum atomic E-state index is 12.5. The monoisotopic (exact) mass is 352 g/mol. The zero-order valence-corrected chi connectivity index (χ0v) is 15.0. The number of amides is 2. The van der Waals surface area contributed by atoms with Gasteiger partial charge in [0.1, 0.15) is 5.75 Å². The van der Waals surface area contributed by atoms with Crippen molar-refractivity contribution in [3.8, 4) is 5.75 Å². The topological polar surface area (TPSA) is 58.6 Å². The zero-order valence-electron chi connectivity index (χ0n) is 15.0. The number of hydrogen-bond acceptors (Lipinski definition) is 3. The summed E-state index contributed by atoms with van der Waals surface area (Å²) in [7, 11) is 0. The number of anilines is 1. The molecule has 0 aliphatic carbocycles. The molecular weight excluding hydrogens is 328 g/mol. The van der Waals surface area contributed by atoms with E-state index in [2.05, 4.69) is 5.32 Å². The fraction of sp³-hybridized carbons (Fsp3) is 0.333. The molecule has 2 amide bonds. The number of carbonyl (C=O) groups excluding carboxylic acids is 2. The largest absolute Gasteiger partial charge is 0.484 e. The summed E-state index contributed by atoms with van der Waals surface area (Å²) in [5.41, 5.74) is 1.87. The van der Waals surface area contributed by atoms with Crippen LogP contribution in [0, 0.1) is 12.8 Å². The maximum absolute atomic E-state index is 12.5. The van der Waals surface area contributed by atoms with Crippen molar-refractivity contribution in [1.29, 1.82) is 0 Å². The molecule has 26 heavy (non-hydrogen) atoms. The Kier molecular flexibility index (Phi) is 5.89. The highest BCUT2D eigenvalue weighted by Crippen LogP contribution is 2.19. The Morgan fingerprint density at radius 3 is 2.73 bits per heavy atom. The summed E-state index contributed by atoms with van der Waals surface area (Å²) >= 11 is 0. The number of rotatable bonds is 5. The molecule has 1 N–H and O–H groups in total. The molecule has 0 saturated carbocycles. The summed E-state index contributed by atoms with van der Waals surface area (Å²) in [5.74, 6) is 0.387. The van der Waals surface area contributed by atoms with E-state index < -0.39 is 0 Å². The number of piperidine rings is 1. The average molecular weight is 352 g/mol. The van der Waals surface area contributed by atoms with Gasteiger partial charge in [-0.05, 0) is 49.6 Å². The van der Waals surface area contributed by atoms with Crippen molar-refractivity contribution in [2.45, 2.75) is 19.8 Å². The molecule has 1 fully saturated rings. The van der Waals surface area contributed by atoms with E-state index in [0.29, 0.717) is 18.8 Å². The van der Waals surface area contributed by atoms with Gasteiger partial charge in [-0.15, -0.1) is 0 Å². The minimum Gasteiger partial charge on any atom is -0.484 e. The Labute approximate surface area is 154 Å². The maximum Gasteiger partial charge on any atom is 0.260 e. The fourth-order valence-corrected chi connectivity index (χ4v) is 3.12. The number of hydrogen-bond donors (Lipinski definition) is 1. The van der Waals surface area contributed by atoms with E-state index >= 15 is 0 Å². The highest BCUT2D eigenvalue weighted by Gasteiger charge is 2.28. The van der Waals surface area contributed by atoms with E-state index in [1.807, 2.05) is 61.5 Å². The molecule has 0 aromatic heterocycles. The number of carbonyl (C=O) groups is 2. The van der Waals surface area contributed by atoms with Crippen LogP contribution in [0.15, 0.2) is 54.6 Å². The molecule has 2 aromatic rings. The van der Waals surface area contributed by atoms with E-state index in [1.54, 1.807) is 4.90 Å². The Hall–Kier alpha value is -2.82. The molecule has 0 radical (unpaired) electrons. The van der Waals surface area contributed by atoms with Gasteiger partial charge < -0.3 is 15.0 Å². The van der Waals surface area contributed by atoms with Gasteiger partial charge in [-0.2, -0.15) is 0 Å². The minimum atomic E-state index is -0.188. The van der Waals surface area contributed by atoms with Crippen LogP contribution in [0.25, 0.3) is 0 Å². The molecule has 3 rings (SSSR count). The van der Waals surface area contributed by atoms with Crippen LogP contribution in [0.5, 0.6) is 5.75 Å². The van der Waals surface area contributed by atoms with Crippen molar-refractivity contribution in [2.75, 3.05) is 25.0 Å². The number of nitrogens with zero attached hydrogens (tertiary/aromatic N) is 1. The predicted octanol–water partition coefficient (Wildman–Crippen LogP) is 3.25. The van der Waals surface area contributed by atoms with E-state index in [1.165, 1.54) is 0 Å². The first-order valence-corrected chi connectivity index (χ1v) is 8.95. The fourth-order valence-electron chi connectivity index (χ4n) is 3.12. The first-order valence-electron chi connectivity index (χ1n) is 8.95. The van der Waals surface area contributed by atoms with Gasteiger partial charge in [0.2, 0.25) is 5.91 Å². The number of aryl methyl sites for hydroxylation is 1. The first-order chi connectivity index (χ1) is 12.6. The molecule has 1 atom stereocenters. The summed E-state index contributed by atoms with van der Waals surface area (Å²) in [4.78, 5) is 26.7. The third-order valence-electron chi connectivity index (χ3n) is 4.54. The summed E-state index contributed by atoms with van der Waals surface area (Å²) in [6.07, 6.45) is 1.62. The second-order valence-electron chi connectivity index (χ2n) is 6.64. The summed E-state index contributed by atoms with van der Waals surface area (Å²) in [6.45, 7) is 3.09. The molecule has 1 unspecified atom stereocenters. The molecule has 5 heteroatoms. The van der Waals surface area contributed by atoms with Crippen molar-refractivity contribution >= 4 is 17.5 Å². The third-order valence-corrected chi connectivity index (χ3v) is 4.54. The quantitative estimate of drug-likeness (QED) is 0.899. The standard InChI is InChI=1S/C21H24N2O3/c1-16-7-5-11-19(13-16)26-15-20(24)23-12-6-8-17(14-23)21(25)22-18-9-3-2-4-10-18/h2-5,7,9-11,13,17H,6,8,12,14-15H2,1H3,(H,22,25). The molecule has 0 spiro atoms. The highest BCUT2D eigenvalue weighted by atomic mass is 16.5. The van der Waals surface area contributed by atoms with Crippen molar-refractivity contribution in [1.82, 2.24) is 4.90 Å². The lowest BCUT2D eigenvalue weighted by molar-refractivity contribution is -0.136. The van der Waals surface area contributed by atoms with Gasteiger partial charge in [0.05, 0.1) is 5.92 Å². The number of benzene rings is 2. The number of para-hydroxylation sites is 1. The van der Waals surface area contributed by atoms with Crippen LogP contribution in [0.3, 0.4) is 0 Å². The van der Waals surface area contributed by atoms with Crippen molar-refractivity contribution in [2.24, 2.45) is 5.92 Å². The molecule has 136 valence electrons. The van der Waals surface area contributed by atoms with Crippen molar-refractivity contribution < 1.29 is 14.3 Å². The Morgan fingerprint density at radius 2 is 1.96 bits per heavy atom. The van der Waals surface area contributed by atoms with Gasteiger partial charge in [-0.3, -0.25) is 9.59 Å². The van der Waals surface area contributed by atoms with E-state index in [4.69, 9.17) is 4.74 Å². The molecule has 5 nitrogen and oxygen atoms in total. The number of ether oxygens (including phenoxy) is 1. The van der Waals surface area contributed by atoms with Crippen LogP contribution >= 0.6 is 0 Å². The zero-order chi connectivity index (χ0) is 18.4. The normalized spacial score (nSPS) is 16.8. The molecular formula is C21H24N2O3. The SMILES string of the molecule is Cc1cccc(OCC(=O)N2CCCC(C(=O)Nc3ccccc3)C2)c1. The van der Waals surface area contributed by atoms with Crippen LogP contribution in [0.1, 0.15) is 18.4 Å². The van der Waals surface area contributed by atoms with Gasteiger partial charge >= 0.3 is 0 Å². The molecule has 2 aromatic carbocycles. The second kappa shape index (κ2) is 8.52. The third kappa shape index (κ3) is 4.85. The Bertz CT molecular complexity index is 761. The summed E-state index contributed by atoms with van der Waals surface area (Å²) < 4.78 is 5.60. The van der Waals surface area contributed by atoms with Crippen LogP contribution in [-0.2, 0) is 9.59 Å². The smallest absolute Gasteiger partial charge is 0.260 e. The number of nitrogens with one attached hydrogen (secondary N) is 1. The van der Waals surface area contributed by atoms with E-state index in [9.17, 15) is 9.59 Å². The molecule has 1 aliphatic rings. The molecule has 1 saturated heterocycles. The van der Waals surface area contributed by atoms with E-state index in [0.717, 1.165) is 24.1 Å². The molecule has 1 heterocycles. The van der Waals surface area contributed by atoms with E-state index in [-0.39, 0.29) is 24.3 Å². The Balaban J connectivity index is 1.52. The molecule has 1 aliphatic heterocycles. The molecule has 0 bridgehead atoms. The first kappa shape index (κ1) is 18.0.